The maximum absolute atomic E-state index is 4.22. The maximum Gasteiger partial charge on any atom is 0.0334 e. The van der Waals surface area contributed by atoms with Crippen molar-refractivity contribution >= 4 is 0 Å². The Morgan fingerprint density at radius 2 is 1.74 bits per heavy atom. The molecule has 1 N–H and O–H groups in total. The lowest BCUT2D eigenvalue weighted by molar-refractivity contribution is 0.0699. The van der Waals surface area contributed by atoms with Crippen LogP contribution in [-0.4, -0.2) is 36.1 Å². The monoisotopic (exact) mass is 268 g/mol. The molecule has 0 radical (unpaired) electrons. The Balaban J connectivity index is 5.07. The molecule has 0 aliphatic rings. The second-order valence-electron chi connectivity index (χ2n) is 5.70. The van der Waals surface area contributed by atoms with Crippen LogP contribution in [0.4, 0.5) is 0 Å². The lowest BCUT2D eigenvalue weighted by Crippen LogP contribution is -2.59. The van der Waals surface area contributed by atoms with Crippen LogP contribution in [0.5, 0.6) is 0 Å². The summed E-state index contributed by atoms with van der Waals surface area (Å²) in [5.41, 5.74) is 1.58. The number of hydrogen-bond acceptors (Lipinski definition) is 2. The molecule has 0 aliphatic heterocycles. The minimum atomic E-state index is 0.219. The molecule has 0 aromatic carbocycles. The Morgan fingerprint density at radius 3 is 2.11 bits per heavy atom. The minimum Gasteiger partial charge on any atom is -0.312 e. The Kier molecular flexibility index (Phi) is 9.38. The summed E-state index contributed by atoms with van der Waals surface area (Å²) in [4.78, 5) is 2.60. The van der Waals surface area contributed by atoms with E-state index < -0.39 is 0 Å². The van der Waals surface area contributed by atoms with Gasteiger partial charge in [-0.3, -0.25) is 4.90 Å². The Labute approximate surface area is 121 Å². The lowest BCUT2D eigenvalue weighted by Gasteiger charge is -2.46. The molecule has 2 nitrogen and oxygen atoms in total. The molecule has 0 amide bonds. The van der Waals surface area contributed by atoms with E-state index in [0.29, 0.717) is 6.04 Å². The molecular weight excluding hydrogens is 232 g/mol. The summed E-state index contributed by atoms with van der Waals surface area (Å²) in [5.74, 6) is 0. The van der Waals surface area contributed by atoms with Gasteiger partial charge in [0.05, 0.1) is 0 Å². The van der Waals surface area contributed by atoms with Gasteiger partial charge in [-0.25, -0.2) is 0 Å². The summed E-state index contributed by atoms with van der Waals surface area (Å²) in [6, 6.07) is 0.504. The van der Waals surface area contributed by atoms with Crippen LogP contribution >= 0.6 is 0 Å². The standard InChI is InChI=1S/C17H36N2/c1-8-13-18-16(14-15(6)9-2)17(7,10-3)19(11-4)12-5/h16,18H,6,8-14H2,1-5,7H3. The van der Waals surface area contributed by atoms with Gasteiger partial charge in [0.25, 0.3) is 0 Å². The molecule has 0 saturated heterocycles. The van der Waals surface area contributed by atoms with Crippen molar-refractivity contribution in [1.29, 1.82) is 0 Å². The van der Waals surface area contributed by atoms with Crippen LogP contribution in [-0.2, 0) is 0 Å². The van der Waals surface area contributed by atoms with Gasteiger partial charge in [0, 0.05) is 11.6 Å². The fraction of sp³-hybridized carbons (Fsp3) is 0.882. The van der Waals surface area contributed by atoms with Gasteiger partial charge in [-0.05, 0) is 52.2 Å². The van der Waals surface area contributed by atoms with Crippen molar-refractivity contribution in [3.63, 3.8) is 0 Å². The normalized spacial score (nSPS) is 16.4. The molecule has 0 aliphatic carbocycles. The zero-order valence-electron chi connectivity index (χ0n) is 14.2. The molecule has 2 heteroatoms. The third-order valence-electron chi connectivity index (χ3n) is 4.59. The van der Waals surface area contributed by atoms with Crippen molar-refractivity contribution < 1.29 is 0 Å². The highest BCUT2D eigenvalue weighted by atomic mass is 15.2. The third kappa shape index (κ3) is 5.27. The van der Waals surface area contributed by atoms with Gasteiger partial charge < -0.3 is 5.32 Å². The van der Waals surface area contributed by atoms with Crippen molar-refractivity contribution in [3.8, 4) is 0 Å². The molecule has 0 spiro atoms. The van der Waals surface area contributed by atoms with Crippen LogP contribution in [0.1, 0.15) is 67.2 Å². The average molecular weight is 268 g/mol. The molecule has 0 aromatic rings. The molecule has 114 valence electrons. The third-order valence-corrected chi connectivity index (χ3v) is 4.59. The second-order valence-corrected chi connectivity index (χ2v) is 5.70. The highest BCUT2D eigenvalue weighted by molar-refractivity contribution is 5.05. The van der Waals surface area contributed by atoms with Gasteiger partial charge >= 0.3 is 0 Å². The van der Waals surface area contributed by atoms with Crippen LogP contribution in [0, 0.1) is 0 Å². The molecule has 0 rings (SSSR count). The Bertz CT molecular complexity index is 246. The summed E-state index contributed by atoms with van der Waals surface area (Å²) in [6.07, 6.45) is 4.54. The predicted molar refractivity (Wildman–Crippen MR) is 87.7 cm³/mol. The summed E-state index contributed by atoms with van der Waals surface area (Å²) in [6.45, 7) is 21.3. The molecule has 0 fully saturated rings. The van der Waals surface area contributed by atoms with Crippen molar-refractivity contribution in [2.75, 3.05) is 19.6 Å². The Morgan fingerprint density at radius 1 is 1.16 bits per heavy atom. The van der Waals surface area contributed by atoms with Crippen LogP contribution < -0.4 is 5.32 Å². The number of nitrogens with one attached hydrogen (secondary N) is 1. The molecule has 2 atom stereocenters. The van der Waals surface area contributed by atoms with E-state index in [4.69, 9.17) is 0 Å². The van der Waals surface area contributed by atoms with E-state index in [1.165, 1.54) is 18.4 Å². The van der Waals surface area contributed by atoms with Gasteiger partial charge in [0.2, 0.25) is 0 Å². The van der Waals surface area contributed by atoms with Crippen LogP contribution in [0.25, 0.3) is 0 Å². The molecule has 0 bridgehead atoms. The molecule has 0 saturated carbocycles. The lowest BCUT2D eigenvalue weighted by atomic mass is 9.83. The van der Waals surface area contributed by atoms with E-state index in [1.54, 1.807) is 0 Å². The highest BCUT2D eigenvalue weighted by Gasteiger charge is 2.36. The quantitative estimate of drug-likeness (QED) is 0.564. The zero-order chi connectivity index (χ0) is 14.9. The first kappa shape index (κ1) is 18.7. The van der Waals surface area contributed by atoms with Crippen molar-refractivity contribution in [2.45, 2.75) is 78.8 Å². The zero-order valence-corrected chi connectivity index (χ0v) is 14.2. The van der Waals surface area contributed by atoms with E-state index in [-0.39, 0.29) is 5.54 Å². The topological polar surface area (TPSA) is 15.3 Å². The van der Waals surface area contributed by atoms with Crippen molar-refractivity contribution in [1.82, 2.24) is 10.2 Å². The van der Waals surface area contributed by atoms with Crippen molar-refractivity contribution in [2.24, 2.45) is 0 Å². The van der Waals surface area contributed by atoms with Gasteiger partial charge in [0.15, 0.2) is 0 Å². The smallest absolute Gasteiger partial charge is 0.0334 e. The first-order valence-electron chi connectivity index (χ1n) is 8.14. The first-order valence-corrected chi connectivity index (χ1v) is 8.14. The van der Waals surface area contributed by atoms with E-state index in [2.05, 4.69) is 58.3 Å². The number of hydrogen-bond donors (Lipinski definition) is 1. The molecule has 0 aromatic heterocycles. The molecule has 19 heavy (non-hydrogen) atoms. The van der Waals surface area contributed by atoms with Gasteiger partial charge in [0.1, 0.15) is 0 Å². The predicted octanol–water partition coefficient (Wildman–Crippen LogP) is 4.22. The first-order chi connectivity index (χ1) is 8.99. The van der Waals surface area contributed by atoms with E-state index >= 15 is 0 Å². The molecular formula is C17H36N2. The SMILES string of the molecule is C=C(CC)CC(NCCC)C(C)(CC)N(CC)CC. The van der Waals surface area contributed by atoms with E-state index in [9.17, 15) is 0 Å². The van der Waals surface area contributed by atoms with Gasteiger partial charge in [-0.1, -0.05) is 46.8 Å². The minimum absolute atomic E-state index is 0.219. The summed E-state index contributed by atoms with van der Waals surface area (Å²) in [5, 5.41) is 3.77. The molecule has 2 unspecified atom stereocenters. The van der Waals surface area contributed by atoms with Crippen LogP contribution in [0.15, 0.2) is 12.2 Å². The van der Waals surface area contributed by atoms with Crippen LogP contribution in [0.3, 0.4) is 0 Å². The molecule has 0 heterocycles. The largest absolute Gasteiger partial charge is 0.312 e. The van der Waals surface area contributed by atoms with Gasteiger partial charge in [-0.2, -0.15) is 0 Å². The number of nitrogens with zero attached hydrogens (tertiary/aromatic N) is 1. The summed E-state index contributed by atoms with van der Waals surface area (Å²) < 4.78 is 0. The number of likely N-dealkylation sites (N-methyl/N-ethyl adjacent to an activating group) is 1. The van der Waals surface area contributed by atoms with Crippen molar-refractivity contribution in [3.05, 3.63) is 12.2 Å². The summed E-state index contributed by atoms with van der Waals surface area (Å²) >= 11 is 0. The second kappa shape index (κ2) is 9.55. The van der Waals surface area contributed by atoms with E-state index in [1.807, 2.05) is 0 Å². The fourth-order valence-electron chi connectivity index (χ4n) is 2.90. The van der Waals surface area contributed by atoms with Gasteiger partial charge in [-0.15, -0.1) is 0 Å². The maximum atomic E-state index is 4.22. The Hall–Kier alpha value is -0.340. The van der Waals surface area contributed by atoms with Crippen LogP contribution in [0.2, 0.25) is 0 Å². The van der Waals surface area contributed by atoms with E-state index in [0.717, 1.165) is 32.5 Å². The average Bonchev–Trinajstić information content (AvgIpc) is 2.43. The summed E-state index contributed by atoms with van der Waals surface area (Å²) in [7, 11) is 0. The highest BCUT2D eigenvalue weighted by Crippen LogP contribution is 2.28. The number of rotatable bonds is 11. The fourth-order valence-corrected chi connectivity index (χ4v) is 2.90.